The lowest BCUT2D eigenvalue weighted by Gasteiger charge is -2.17. The summed E-state index contributed by atoms with van der Waals surface area (Å²) in [6, 6.07) is 0. The Morgan fingerprint density at radius 1 is 1.11 bits per heavy atom. The highest BCUT2D eigenvalue weighted by Gasteiger charge is 2.38. The molecular weight excluding hydrogens is 250 g/mol. The van der Waals surface area contributed by atoms with Crippen molar-refractivity contribution >= 4 is 17.7 Å². The zero-order chi connectivity index (χ0) is 14.8. The van der Waals surface area contributed by atoms with E-state index < -0.39 is 17.7 Å². The van der Waals surface area contributed by atoms with E-state index in [2.05, 4.69) is 9.47 Å². The van der Waals surface area contributed by atoms with Crippen LogP contribution < -0.4 is 0 Å². The molecule has 19 heavy (non-hydrogen) atoms. The highest BCUT2D eigenvalue weighted by atomic mass is 16.5. The van der Waals surface area contributed by atoms with E-state index in [1.165, 1.54) is 7.11 Å². The molecule has 106 valence electrons. The summed E-state index contributed by atoms with van der Waals surface area (Å²) < 4.78 is 8.99. The molecule has 1 heterocycles. The molecule has 0 N–H and O–H groups in total. The van der Waals surface area contributed by atoms with Gasteiger partial charge in [0.1, 0.15) is 5.57 Å². The van der Waals surface area contributed by atoms with Crippen LogP contribution in [-0.2, 0) is 23.9 Å². The molecule has 0 aromatic heterocycles. The van der Waals surface area contributed by atoms with Gasteiger partial charge in [-0.15, -0.1) is 0 Å². The first-order valence-corrected chi connectivity index (χ1v) is 5.88. The molecule has 0 saturated carbocycles. The maximum atomic E-state index is 12.0. The smallest absolute Gasteiger partial charge is 0.379 e. The number of ether oxygens (including phenoxy) is 2. The molecule has 1 aliphatic rings. The Balaban J connectivity index is 3.29. The number of rotatable bonds is 3. The van der Waals surface area contributed by atoms with E-state index in [9.17, 15) is 14.4 Å². The van der Waals surface area contributed by atoms with Gasteiger partial charge in [-0.05, 0) is 11.8 Å². The normalized spacial score (nSPS) is 19.9. The standard InChI is InChI=1S/C13H19NO5/c1-13(2)6-8(14(3)7-13)9(11(16)18-4)10(15)12(17)19-5/h6-7H2,1-5H3/b9-8+. The molecule has 1 saturated heterocycles. The molecule has 6 heteroatoms. The van der Waals surface area contributed by atoms with Gasteiger partial charge in [-0.25, -0.2) is 9.59 Å². The number of likely N-dealkylation sites (tertiary alicyclic amines) is 1. The SMILES string of the molecule is COC(=O)C(=O)/C(C(=O)OC)=C1/CC(C)(C)CN1C. The maximum Gasteiger partial charge on any atom is 0.379 e. The second kappa shape index (κ2) is 5.42. The van der Waals surface area contributed by atoms with E-state index in [1.807, 2.05) is 13.8 Å². The largest absolute Gasteiger partial charge is 0.465 e. The minimum Gasteiger partial charge on any atom is -0.465 e. The van der Waals surface area contributed by atoms with Crippen LogP contribution in [0.5, 0.6) is 0 Å². The average Bonchev–Trinajstić information content (AvgIpc) is 2.61. The van der Waals surface area contributed by atoms with Gasteiger partial charge in [-0.2, -0.15) is 0 Å². The van der Waals surface area contributed by atoms with Gasteiger partial charge in [-0.3, -0.25) is 4.79 Å². The summed E-state index contributed by atoms with van der Waals surface area (Å²) >= 11 is 0. The molecule has 0 aromatic rings. The minimum atomic E-state index is -1.06. The third kappa shape index (κ3) is 3.13. The van der Waals surface area contributed by atoms with Crippen LogP contribution in [0.15, 0.2) is 11.3 Å². The lowest BCUT2D eigenvalue weighted by molar-refractivity contribution is -0.152. The van der Waals surface area contributed by atoms with Crippen molar-refractivity contribution in [2.45, 2.75) is 20.3 Å². The summed E-state index contributed by atoms with van der Waals surface area (Å²) in [7, 11) is 4.05. The third-order valence-electron chi connectivity index (χ3n) is 3.05. The number of ketones is 1. The van der Waals surface area contributed by atoms with Gasteiger partial charge in [0.25, 0.3) is 5.78 Å². The quantitative estimate of drug-likeness (QED) is 0.244. The van der Waals surface area contributed by atoms with Crippen molar-refractivity contribution in [3.63, 3.8) is 0 Å². The van der Waals surface area contributed by atoms with Crippen molar-refractivity contribution in [3.8, 4) is 0 Å². The molecule has 1 aliphatic heterocycles. The summed E-state index contributed by atoms with van der Waals surface area (Å²) in [5.74, 6) is -2.84. The van der Waals surface area contributed by atoms with Crippen molar-refractivity contribution in [3.05, 3.63) is 11.3 Å². The third-order valence-corrected chi connectivity index (χ3v) is 3.05. The molecule has 0 bridgehead atoms. The van der Waals surface area contributed by atoms with Crippen molar-refractivity contribution in [2.75, 3.05) is 27.8 Å². The highest BCUT2D eigenvalue weighted by molar-refractivity contribution is 6.46. The van der Waals surface area contributed by atoms with E-state index in [-0.39, 0.29) is 11.0 Å². The molecule has 0 spiro atoms. The van der Waals surface area contributed by atoms with Gasteiger partial charge >= 0.3 is 11.9 Å². The van der Waals surface area contributed by atoms with Crippen molar-refractivity contribution in [2.24, 2.45) is 5.41 Å². The molecule has 0 radical (unpaired) electrons. The number of carbonyl (C=O) groups excluding carboxylic acids is 3. The first-order chi connectivity index (χ1) is 8.73. The fraction of sp³-hybridized carbons (Fsp3) is 0.615. The number of carbonyl (C=O) groups is 3. The Kier molecular flexibility index (Phi) is 4.34. The molecule has 0 aliphatic carbocycles. The Morgan fingerprint density at radius 3 is 2.00 bits per heavy atom. The van der Waals surface area contributed by atoms with Crippen molar-refractivity contribution in [1.82, 2.24) is 4.90 Å². The summed E-state index contributed by atoms with van der Waals surface area (Å²) in [6.45, 7) is 4.74. The molecule has 0 aromatic carbocycles. The number of allylic oxidation sites excluding steroid dienone is 1. The average molecular weight is 269 g/mol. The lowest BCUT2D eigenvalue weighted by atomic mass is 9.90. The van der Waals surface area contributed by atoms with Crippen LogP contribution in [0, 0.1) is 5.41 Å². The molecule has 1 fully saturated rings. The van der Waals surface area contributed by atoms with Gasteiger partial charge in [0.2, 0.25) is 0 Å². The van der Waals surface area contributed by atoms with Gasteiger partial charge in [-0.1, -0.05) is 13.8 Å². The lowest BCUT2D eigenvalue weighted by Crippen LogP contribution is -2.28. The minimum absolute atomic E-state index is 0.0697. The fourth-order valence-corrected chi connectivity index (χ4v) is 2.30. The summed E-state index contributed by atoms with van der Waals surface area (Å²) in [5, 5.41) is 0. The van der Waals surface area contributed by atoms with Crippen molar-refractivity contribution in [1.29, 1.82) is 0 Å². The van der Waals surface area contributed by atoms with Crippen LogP contribution in [-0.4, -0.2) is 50.4 Å². The van der Waals surface area contributed by atoms with Gasteiger partial charge < -0.3 is 14.4 Å². The Hall–Kier alpha value is -1.85. The summed E-state index contributed by atoms with van der Waals surface area (Å²) in [6.07, 6.45) is 0.524. The number of hydrogen-bond donors (Lipinski definition) is 0. The van der Waals surface area contributed by atoms with Gasteiger partial charge in [0, 0.05) is 19.3 Å². The molecule has 0 unspecified atom stereocenters. The van der Waals surface area contributed by atoms with Crippen LogP contribution in [0.25, 0.3) is 0 Å². The second-order valence-electron chi connectivity index (χ2n) is 5.33. The molecule has 0 amide bonds. The van der Waals surface area contributed by atoms with Gasteiger partial charge in [0.15, 0.2) is 0 Å². The summed E-state index contributed by atoms with van der Waals surface area (Å²) in [4.78, 5) is 36.9. The topological polar surface area (TPSA) is 72.9 Å². The van der Waals surface area contributed by atoms with Crippen molar-refractivity contribution < 1.29 is 23.9 Å². The predicted molar refractivity (Wildman–Crippen MR) is 67.1 cm³/mol. The van der Waals surface area contributed by atoms with Crippen LogP contribution in [0.3, 0.4) is 0 Å². The number of Topliss-reactive ketones (excluding diaryl/α,β-unsaturated/α-hetero) is 1. The zero-order valence-corrected chi connectivity index (χ0v) is 11.9. The van der Waals surface area contributed by atoms with Crippen LogP contribution in [0.1, 0.15) is 20.3 Å². The van der Waals surface area contributed by atoms with E-state index >= 15 is 0 Å². The Morgan fingerprint density at radius 2 is 1.63 bits per heavy atom. The second-order valence-corrected chi connectivity index (χ2v) is 5.33. The Bertz CT molecular complexity index is 450. The highest BCUT2D eigenvalue weighted by Crippen LogP contribution is 2.37. The van der Waals surface area contributed by atoms with Crippen LogP contribution >= 0.6 is 0 Å². The van der Waals surface area contributed by atoms with E-state index in [0.717, 1.165) is 7.11 Å². The number of esters is 2. The zero-order valence-electron chi connectivity index (χ0n) is 11.9. The Labute approximate surface area is 112 Å². The molecular formula is C13H19NO5. The maximum absolute atomic E-state index is 12.0. The summed E-state index contributed by atoms with van der Waals surface area (Å²) in [5.41, 5.74) is 0.217. The molecule has 6 nitrogen and oxygen atoms in total. The molecule has 1 rings (SSSR count). The fourth-order valence-electron chi connectivity index (χ4n) is 2.30. The number of nitrogens with zero attached hydrogens (tertiary/aromatic N) is 1. The molecule has 0 atom stereocenters. The monoisotopic (exact) mass is 269 g/mol. The van der Waals surface area contributed by atoms with E-state index in [1.54, 1.807) is 11.9 Å². The van der Waals surface area contributed by atoms with E-state index in [4.69, 9.17) is 0 Å². The van der Waals surface area contributed by atoms with Crippen LogP contribution in [0.2, 0.25) is 0 Å². The number of hydrogen-bond acceptors (Lipinski definition) is 6. The van der Waals surface area contributed by atoms with E-state index in [0.29, 0.717) is 18.7 Å². The first kappa shape index (κ1) is 15.2. The van der Waals surface area contributed by atoms with Crippen LogP contribution in [0.4, 0.5) is 0 Å². The van der Waals surface area contributed by atoms with Gasteiger partial charge in [0.05, 0.1) is 14.2 Å². The number of methoxy groups -OCH3 is 2. The first-order valence-electron chi connectivity index (χ1n) is 5.88. The predicted octanol–water partition coefficient (Wildman–Crippen LogP) is 0.517.